The second-order valence-electron chi connectivity index (χ2n) is 12.6. The summed E-state index contributed by atoms with van der Waals surface area (Å²) in [5.74, 6) is -1.66. The van der Waals surface area contributed by atoms with E-state index < -0.39 is 71.1 Å². The summed E-state index contributed by atoms with van der Waals surface area (Å²) in [5.41, 5.74) is -1.81. The molecule has 0 aromatic heterocycles. The van der Waals surface area contributed by atoms with Crippen LogP contribution in [0.4, 0.5) is 0 Å². The van der Waals surface area contributed by atoms with Crippen LogP contribution < -0.4 is 0 Å². The summed E-state index contributed by atoms with van der Waals surface area (Å²) >= 11 is 0. The highest BCUT2D eigenvalue weighted by atomic mass is 16.8. The first-order valence-electron chi connectivity index (χ1n) is 12.6. The smallest absolute Gasteiger partial charge is 0.313 e. The van der Waals surface area contributed by atoms with Crippen molar-refractivity contribution in [3.05, 3.63) is 35.9 Å². The van der Waals surface area contributed by atoms with Gasteiger partial charge in [0.05, 0.1) is 22.9 Å². The van der Waals surface area contributed by atoms with Gasteiger partial charge in [-0.25, -0.2) is 0 Å². The highest BCUT2D eigenvalue weighted by molar-refractivity contribution is 5.77. The van der Waals surface area contributed by atoms with Crippen LogP contribution in [0.2, 0.25) is 0 Å². The van der Waals surface area contributed by atoms with Crippen molar-refractivity contribution < 1.29 is 42.8 Å². The second kappa shape index (κ2) is 10.7. The molecule has 206 valence electrons. The van der Waals surface area contributed by atoms with Gasteiger partial charge in [0.1, 0.15) is 12.2 Å². The van der Waals surface area contributed by atoms with Gasteiger partial charge in [0.2, 0.25) is 12.4 Å². The predicted octanol–water partition coefficient (Wildman–Crippen LogP) is 4.33. The van der Waals surface area contributed by atoms with Crippen LogP contribution in [0.1, 0.15) is 74.2 Å². The third-order valence-corrected chi connectivity index (χ3v) is 5.90. The van der Waals surface area contributed by atoms with Crippen molar-refractivity contribution in [3.8, 4) is 0 Å². The topological polar surface area (TPSA) is 107 Å². The van der Waals surface area contributed by atoms with Crippen molar-refractivity contribution in [2.24, 2.45) is 16.2 Å². The van der Waals surface area contributed by atoms with Crippen molar-refractivity contribution in [3.63, 3.8) is 0 Å². The molecule has 1 aromatic carbocycles. The maximum atomic E-state index is 13.1. The lowest BCUT2D eigenvalue weighted by Gasteiger charge is -2.48. The van der Waals surface area contributed by atoms with Crippen LogP contribution in [0.25, 0.3) is 0 Å². The van der Waals surface area contributed by atoms with Crippen molar-refractivity contribution >= 4 is 17.9 Å². The molecular formula is C28H40O9. The van der Waals surface area contributed by atoms with Crippen LogP contribution in [0.15, 0.2) is 30.3 Å². The first kappa shape index (κ1) is 29.1. The minimum atomic E-state index is -1.34. The predicted molar refractivity (Wildman–Crippen MR) is 133 cm³/mol. The molecule has 2 heterocycles. The molecule has 0 radical (unpaired) electrons. The first-order valence-corrected chi connectivity index (χ1v) is 12.6. The minimum absolute atomic E-state index is 0.0807. The molecule has 1 aromatic rings. The fraction of sp³-hybridized carbons (Fsp3) is 0.679. The summed E-state index contributed by atoms with van der Waals surface area (Å²) in [5, 5.41) is 0. The number of benzene rings is 1. The van der Waals surface area contributed by atoms with Crippen molar-refractivity contribution in [1.82, 2.24) is 0 Å². The van der Waals surface area contributed by atoms with Crippen LogP contribution in [0, 0.1) is 16.2 Å². The molecule has 0 aliphatic carbocycles. The first-order chi connectivity index (χ1) is 17.0. The summed E-state index contributed by atoms with van der Waals surface area (Å²) < 4.78 is 35.8. The number of hydrogen-bond donors (Lipinski definition) is 0. The van der Waals surface area contributed by atoms with Crippen molar-refractivity contribution in [2.45, 2.75) is 99.3 Å². The summed E-state index contributed by atoms with van der Waals surface area (Å²) in [4.78, 5) is 38.9. The van der Waals surface area contributed by atoms with Crippen LogP contribution in [0.3, 0.4) is 0 Å². The average molecular weight is 521 g/mol. The Balaban J connectivity index is 2.01. The van der Waals surface area contributed by atoms with Crippen LogP contribution in [0.5, 0.6) is 0 Å². The molecular weight excluding hydrogens is 480 g/mol. The number of hydrogen-bond acceptors (Lipinski definition) is 9. The standard InChI is InChI=1S/C28H40O9/c1-26(2,3)23(29)35-19-18-17(15-32-21(34-18)16-13-11-10-12-14-16)33-22(37-25(31)28(7,8)9)20(19)36-24(30)27(4,5)6/h10-14,17-22H,15H2,1-9H3. The molecule has 2 saturated heterocycles. The van der Waals surface area contributed by atoms with E-state index in [1.165, 1.54) is 0 Å². The Kier molecular flexibility index (Phi) is 8.41. The second-order valence-corrected chi connectivity index (χ2v) is 12.6. The van der Waals surface area contributed by atoms with Gasteiger partial charge in [-0.1, -0.05) is 30.3 Å². The zero-order valence-electron chi connectivity index (χ0n) is 23.2. The van der Waals surface area contributed by atoms with E-state index in [-0.39, 0.29) is 6.61 Å². The van der Waals surface area contributed by atoms with Crippen molar-refractivity contribution in [1.29, 1.82) is 0 Å². The van der Waals surface area contributed by atoms with E-state index in [2.05, 4.69) is 0 Å². The molecule has 9 nitrogen and oxygen atoms in total. The lowest BCUT2D eigenvalue weighted by Crippen LogP contribution is -2.65. The lowest BCUT2D eigenvalue weighted by atomic mass is 9.93. The van der Waals surface area contributed by atoms with E-state index in [9.17, 15) is 14.4 Å². The van der Waals surface area contributed by atoms with Crippen LogP contribution in [-0.2, 0) is 42.8 Å². The van der Waals surface area contributed by atoms with Gasteiger partial charge in [-0.3, -0.25) is 14.4 Å². The number of carbonyl (C=O) groups excluding carboxylic acids is 3. The molecule has 0 saturated carbocycles. The SMILES string of the molecule is CC(C)(C)C(=O)OC1OC2COC(c3ccccc3)OC2C(OC(=O)C(C)(C)C)C1OC(=O)C(C)(C)C. The van der Waals surface area contributed by atoms with Crippen LogP contribution >= 0.6 is 0 Å². The van der Waals surface area contributed by atoms with Gasteiger partial charge in [0.25, 0.3) is 0 Å². The Morgan fingerprint density at radius 3 is 1.70 bits per heavy atom. The summed E-state index contributed by atoms with van der Waals surface area (Å²) in [7, 11) is 0. The molecule has 2 aliphatic rings. The average Bonchev–Trinajstić information content (AvgIpc) is 2.79. The molecule has 0 N–H and O–H groups in total. The van der Waals surface area contributed by atoms with E-state index >= 15 is 0 Å². The zero-order chi connectivity index (χ0) is 27.8. The van der Waals surface area contributed by atoms with Gasteiger partial charge < -0.3 is 28.4 Å². The van der Waals surface area contributed by atoms with E-state index in [1.54, 1.807) is 62.3 Å². The summed E-state index contributed by atoms with van der Waals surface area (Å²) in [6.07, 6.45) is -6.08. The monoisotopic (exact) mass is 520 g/mol. The van der Waals surface area contributed by atoms with Gasteiger partial charge in [-0.15, -0.1) is 0 Å². The maximum Gasteiger partial charge on any atom is 0.313 e. The normalized spacial score (nSPS) is 28.6. The van der Waals surface area contributed by atoms with E-state index in [0.29, 0.717) is 0 Å². The third kappa shape index (κ3) is 7.09. The Morgan fingerprint density at radius 2 is 1.19 bits per heavy atom. The summed E-state index contributed by atoms with van der Waals surface area (Å²) in [6, 6.07) is 9.31. The lowest BCUT2D eigenvalue weighted by molar-refractivity contribution is -0.359. The van der Waals surface area contributed by atoms with Gasteiger partial charge in [-0.05, 0) is 62.3 Å². The number of fused-ring (bicyclic) bond motifs is 1. The molecule has 0 bridgehead atoms. The van der Waals surface area contributed by atoms with Gasteiger partial charge in [-0.2, -0.15) is 0 Å². The van der Waals surface area contributed by atoms with E-state index in [0.717, 1.165) is 5.56 Å². The van der Waals surface area contributed by atoms with Gasteiger partial charge in [0, 0.05) is 5.56 Å². The Bertz CT molecular complexity index is 968. The number of rotatable bonds is 4. The van der Waals surface area contributed by atoms with E-state index in [4.69, 9.17) is 28.4 Å². The molecule has 6 atom stereocenters. The number of carbonyl (C=O) groups is 3. The molecule has 0 amide bonds. The largest absolute Gasteiger partial charge is 0.455 e. The fourth-order valence-electron chi connectivity index (χ4n) is 3.56. The molecule has 3 rings (SSSR count). The van der Waals surface area contributed by atoms with E-state index in [1.807, 2.05) is 30.3 Å². The molecule has 2 aliphatic heterocycles. The van der Waals surface area contributed by atoms with Crippen LogP contribution in [-0.4, -0.2) is 55.2 Å². The Morgan fingerprint density at radius 1 is 0.703 bits per heavy atom. The molecule has 2 fully saturated rings. The Hall–Kier alpha value is -2.49. The fourth-order valence-corrected chi connectivity index (χ4v) is 3.56. The highest BCUT2D eigenvalue weighted by Gasteiger charge is 2.56. The molecule has 9 heteroatoms. The molecule has 6 unspecified atom stereocenters. The summed E-state index contributed by atoms with van der Waals surface area (Å²) in [6.45, 7) is 15.4. The molecule has 0 spiro atoms. The van der Waals surface area contributed by atoms with Gasteiger partial charge in [0.15, 0.2) is 12.4 Å². The zero-order valence-corrected chi connectivity index (χ0v) is 23.2. The highest BCUT2D eigenvalue weighted by Crippen LogP contribution is 2.38. The van der Waals surface area contributed by atoms with Gasteiger partial charge >= 0.3 is 17.9 Å². The number of ether oxygens (including phenoxy) is 6. The maximum absolute atomic E-state index is 13.1. The minimum Gasteiger partial charge on any atom is -0.455 e. The Labute approximate surface area is 219 Å². The third-order valence-electron chi connectivity index (χ3n) is 5.90. The van der Waals surface area contributed by atoms with Crippen molar-refractivity contribution in [2.75, 3.05) is 6.61 Å². The quantitative estimate of drug-likeness (QED) is 0.423. The number of esters is 3. The molecule has 37 heavy (non-hydrogen) atoms.